The van der Waals surface area contributed by atoms with Crippen molar-refractivity contribution in [1.82, 2.24) is 0 Å². The van der Waals surface area contributed by atoms with Gasteiger partial charge in [0.05, 0.1) is 24.5 Å². The first-order chi connectivity index (χ1) is 17.7. The second-order valence-corrected chi connectivity index (χ2v) is 8.97. The van der Waals surface area contributed by atoms with Crippen LogP contribution >= 0.6 is 0 Å². The molecule has 1 N–H and O–H groups in total. The van der Waals surface area contributed by atoms with E-state index in [0.29, 0.717) is 22.8 Å². The summed E-state index contributed by atoms with van der Waals surface area (Å²) in [5.41, 5.74) is 1.54. The number of para-hydroxylation sites is 2. The Kier molecular flexibility index (Phi) is 6.23. The summed E-state index contributed by atoms with van der Waals surface area (Å²) in [5, 5.41) is 3.14. The van der Waals surface area contributed by atoms with Crippen LogP contribution in [0.25, 0.3) is 0 Å². The first-order valence-corrected chi connectivity index (χ1v) is 11.6. The Bertz CT molecular complexity index is 1400. The van der Waals surface area contributed by atoms with Crippen molar-refractivity contribution >= 4 is 23.1 Å². The zero-order valence-electron chi connectivity index (χ0n) is 19.7. The maximum absolute atomic E-state index is 14.3. The van der Waals surface area contributed by atoms with Gasteiger partial charge in [-0.15, -0.1) is 0 Å². The predicted molar refractivity (Wildman–Crippen MR) is 130 cm³/mol. The predicted octanol–water partition coefficient (Wildman–Crippen LogP) is 6.30. The molecule has 2 aliphatic rings. The molecule has 3 aromatic carbocycles. The molecular weight excluding hydrogens is 488 g/mol. The highest BCUT2D eigenvalue weighted by atomic mass is 19.4. The van der Waals surface area contributed by atoms with Crippen molar-refractivity contribution in [1.29, 1.82) is 0 Å². The van der Waals surface area contributed by atoms with Crippen molar-refractivity contribution in [2.45, 2.75) is 31.0 Å². The molecule has 1 aliphatic carbocycles. The van der Waals surface area contributed by atoms with E-state index in [0.717, 1.165) is 17.7 Å². The number of benzene rings is 3. The number of rotatable bonds is 3. The number of allylic oxidation sites excluding steroid dienone is 1. The van der Waals surface area contributed by atoms with Gasteiger partial charge in [0.15, 0.2) is 5.78 Å². The summed E-state index contributed by atoms with van der Waals surface area (Å²) >= 11 is 0. The lowest BCUT2D eigenvalue weighted by Crippen LogP contribution is -2.45. The molecule has 3 aromatic rings. The molecule has 5 nitrogen and oxygen atoms in total. The van der Waals surface area contributed by atoms with Crippen LogP contribution < -0.4 is 15.0 Å². The molecule has 5 rings (SSSR count). The van der Waals surface area contributed by atoms with E-state index in [1.807, 2.05) is 12.1 Å². The van der Waals surface area contributed by atoms with Gasteiger partial charge in [-0.3, -0.25) is 14.5 Å². The molecule has 0 saturated heterocycles. The number of ether oxygens (including phenoxy) is 1. The minimum atomic E-state index is -5.23. The lowest BCUT2D eigenvalue weighted by atomic mass is 9.78. The van der Waals surface area contributed by atoms with E-state index in [2.05, 4.69) is 5.32 Å². The highest BCUT2D eigenvalue weighted by Crippen LogP contribution is 2.48. The number of anilines is 2. The van der Waals surface area contributed by atoms with E-state index in [-0.39, 0.29) is 34.9 Å². The number of carbonyl (C=O) groups is 2. The fourth-order valence-electron chi connectivity index (χ4n) is 5.05. The number of carbonyl (C=O) groups excluding carboxylic acids is 2. The SMILES string of the molecule is COc1ccc(C2CC(=O)C3=C(C2)Nc2ccccc2N(C(=O)C(F)(F)F)C3c2cccc(F)c2)cc1. The van der Waals surface area contributed by atoms with Gasteiger partial charge in [0.1, 0.15) is 11.6 Å². The molecule has 2 unspecified atom stereocenters. The number of halogens is 4. The smallest absolute Gasteiger partial charge is 0.471 e. The zero-order valence-corrected chi connectivity index (χ0v) is 19.7. The molecule has 9 heteroatoms. The van der Waals surface area contributed by atoms with Crippen molar-refractivity contribution in [3.05, 3.63) is 101 Å². The van der Waals surface area contributed by atoms with Gasteiger partial charge in [-0.2, -0.15) is 13.2 Å². The van der Waals surface area contributed by atoms with Crippen LogP contribution in [0.5, 0.6) is 5.75 Å². The first-order valence-electron chi connectivity index (χ1n) is 11.6. The van der Waals surface area contributed by atoms with Crippen LogP contribution in [-0.4, -0.2) is 25.0 Å². The number of ketones is 1. The summed E-state index contributed by atoms with van der Waals surface area (Å²) in [6.45, 7) is 0. The average molecular weight is 510 g/mol. The molecule has 0 bridgehead atoms. The summed E-state index contributed by atoms with van der Waals surface area (Å²) in [6, 6.07) is 16.8. The van der Waals surface area contributed by atoms with Gasteiger partial charge in [-0.1, -0.05) is 36.4 Å². The minimum absolute atomic E-state index is 0.0169. The van der Waals surface area contributed by atoms with Crippen LogP contribution in [-0.2, 0) is 9.59 Å². The highest BCUT2D eigenvalue weighted by Gasteiger charge is 2.50. The van der Waals surface area contributed by atoms with E-state index in [4.69, 9.17) is 4.74 Å². The lowest BCUT2D eigenvalue weighted by Gasteiger charge is -2.35. The fraction of sp³-hybridized carbons (Fsp3) is 0.214. The van der Waals surface area contributed by atoms with Crippen LogP contribution in [0.4, 0.5) is 28.9 Å². The van der Waals surface area contributed by atoms with Crippen molar-refractivity contribution in [3.8, 4) is 5.75 Å². The summed E-state index contributed by atoms with van der Waals surface area (Å²) in [6.07, 6.45) is -4.91. The number of nitrogens with one attached hydrogen (secondary N) is 1. The van der Waals surface area contributed by atoms with E-state index in [9.17, 15) is 27.2 Å². The number of fused-ring (bicyclic) bond motifs is 1. The van der Waals surface area contributed by atoms with Gasteiger partial charge in [0.25, 0.3) is 0 Å². The quantitative estimate of drug-likeness (QED) is 0.421. The van der Waals surface area contributed by atoms with Crippen LogP contribution in [0.2, 0.25) is 0 Å². The standard InChI is InChI=1S/C28H22F4N2O3/c1-37-20-11-9-16(10-12-20)18-14-22-25(24(35)15-18)26(17-5-4-6-19(29)13-17)34(27(36)28(30,31)32)23-8-3-2-7-21(23)33-22/h2-13,18,26,33H,14-15H2,1H3. The number of Topliss-reactive ketones (excluding diaryl/α,β-unsaturated/α-hetero) is 1. The second kappa shape index (κ2) is 9.38. The fourth-order valence-corrected chi connectivity index (χ4v) is 5.05. The summed E-state index contributed by atoms with van der Waals surface area (Å²) in [5.74, 6) is -2.86. The molecule has 0 aromatic heterocycles. The normalized spacial score (nSPS) is 19.5. The van der Waals surface area contributed by atoms with Gasteiger partial charge < -0.3 is 10.1 Å². The maximum atomic E-state index is 14.3. The van der Waals surface area contributed by atoms with Crippen molar-refractivity contribution in [3.63, 3.8) is 0 Å². The average Bonchev–Trinajstić information content (AvgIpc) is 3.02. The molecular formula is C28H22F4N2O3. The molecule has 1 aliphatic heterocycles. The molecule has 0 saturated carbocycles. The van der Waals surface area contributed by atoms with Crippen molar-refractivity contribution in [2.75, 3.05) is 17.3 Å². The Morgan fingerprint density at radius 3 is 2.38 bits per heavy atom. The number of methoxy groups -OCH3 is 1. The molecule has 0 radical (unpaired) electrons. The Hall–Kier alpha value is -4.14. The maximum Gasteiger partial charge on any atom is 0.471 e. The largest absolute Gasteiger partial charge is 0.497 e. The summed E-state index contributed by atoms with van der Waals surface area (Å²) in [7, 11) is 1.55. The number of amides is 1. The van der Waals surface area contributed by atoms with Crippen LogP contribution in [0.1, 0.15) is 35.9 Å². The van der Waals surface area contributed by atoms with E-state index < -0.39 is 29.7 Å². The Morgan fingerprint density at radius 1 is 0.973 bits per heavy atom. The van der Waals surface area contributed by atoms with E-state index >= 15 is 0 Å². The zero-order chi connectivity index (χ0) is 26.3. The third-order valence-corrected chi connectivity index (χ3v) is 6.70. The van der Waals surface area contributed by atoms with Gasteiger partial charge in [0, 0.05) is 17.7 Å². The van der Waals surface area contributed by atoms with E-state index in [1.165, 1.54) is 24.3 Å². The van der Waals surface area contributed by atoms with Gasteiger partial charge >= 0.3 is 12.1 Å². The summed E-state index contributed by atoms with van der Waals surface area (Å²) in [4.78, 5) is 27.1. The molecule has 190 valence electrons. The summed E-state index contributed by atoms with van der Waals surface area (Å²) < 4.78 is 61.2. The molecule has 1 amide bonds. The van der Waals surface area contributed by atoms with Gasteiger partial charge in [-0.05, 0) is 59.9 Å². The Labute approximate surface area is 210 Å². The van der Waals surface area contributed by atoms with Crippen LogP contribution in [0, 0.1) is 5.82 Å². The monoisotopic (exact) mass is 510 g/mol. The number of hydrogen-bond acceptors (Lipinski definition) is 4. The lowest BCUT2D eigenvalue weighted by molar-refractivity contribution is -0.170. The van der Waals surface area contributed by atoms with Gasteiger partial charge in [-0.25, -0.2) is 4.39 Å². The number of alkyl halides is 3. The van der Waals surface area contributed by atoms with Crippen molar-refractivity contribution in [2.24, 2.45) is 0 Å². The molecule has 37 heavy (non-hydrogen) atoms. The van der Waals surface area contributed by atoms with Crippen molar-refractivity contribution < 1.29 is 31.9 Å². The molecule has 0 fully saturated rings. The second-order valence-electron chi connectivity index (χ2n) is 8.97. The Morgan fingerprint density at radius 2 is 1.70 bits per heavy atom. The topological polar surface area (TPSA) is 58.6 Å². The molecule has 2 atom stereocenters. The molecule has 0 spiro atoms. The first kappa shape index (κ1) is 24.5. The number of nitrogens with zero attached hydrogens (tertiary/aromatic N) is 1. The highest BCUT2D eigenvalue weighted by molar-refractivity contribution is 6.07. The van der Waals surface area contributed by atoms with Crippen LogP contribution in [0.15, 0.2) is 84.1 Å². The van der Waals surface area contributed by atoms with E-state index in [1.54, 1.807) is 31.4 Å². The third kappa shape index (κ3) is 4.57. The molecule has 1 heterocycles. The van der Waals surface area contributed by atoms with Crippen LogP contribution in [0.3, 0.4) is 0 Å². The minimum Gasteiger partial charge on any atom is -0.497 e. The number of hydrogen-bond donors (Lipinski definition) is 1. The van der Waals surface area contributed by atoms with Gasteiger partial charge in [0.2, 0.25) is 0 Å². The third-order valence-electron chi connectivity index (χ3n) is 6.70. The Balaban J connectivity index is 1.70.